The first-order chi connectivity index (χ1) is 12.2. The Morgan fingerprint density at radius 2 is 1.88 bits per heavy atom. The molecule has 2 rings (SSSR count). The average molecular weight is 350 g/mol. The highest BCUT2D eigenvalue weighted by Crippen LogP contribution is 2.15. The van der Waals surface area contributed by atoms with E-state index in [0.717, 1.165) is 17.7 Å². The van der Waals surface area contributed by atoms with Gasteiger partial charge in [0.1, 0.15) is 18.7 Å². The molecule has 0 atom stereocenters. The van der Waals surface area contributed by atoms with E-state index >= 15 is 0 Å². The summed E-state index contributed by atoms with van der Waals surface area (Å²) >= 11 is 0. The van der Waals surface area contributed by atoms with E-state index in [1.54, 1.807) is 16.8 Å². The Labute approximate surface area is 146 Å². The summed E-state index contributed by atoms with van der Waals surface area (Å²) in [5.41, 5.74) is 2.49. The van der Waals surface area contributed by atoms with E-state index in [2.05, 4.69) is 10.3 Å². The number of rotatable bonds is 12. The quantitative estimate of drug-likeness (QED) is 0.429. The van der Waals surface area contributed by atoms with Crippen LogP contribution in [0.3, 0.4) is 0 Å². The maximum Gasteiger partial charge on any atom is 0.150 e. The van der Waals surface area contributed by atoms with Gasteiger partial charge in [-0.1, -0.05) is 5.21 Å². The van der Waals surface area contributed by atoms with Gasteiger partial charge in [0.05, 0.1) is 45.7 Å². The highest BCUT2D eigenvalue weighted by atomic mass is 19.1. The summed E-state index contributed by atoms with van der Waals surface area (Å²) in [5, 5.41) is 8.22. The predicted molar refractivity (Wildman–Crippen MR) is 91.6 cm³/mol. The smallest absolute Gasteiger partial charge is 0.150 e. The number of halogens is 1. The molecule has 8 heteroatoms. The molecule has 25 heavy (non-hydrogen) atoms. The molecule has 7 nitrogen and oxygen atoms in total. The maximum absolute atomic E-state index is 11.8. The van der Waals surface area contributed by atoms with Crippen molar-refractivity contribution in [3.8, 4) is 0 Å². The second kappa shape index (κ2) is 10.5. The van der Waals surface area contributed by atoms with E-state index in [1.807, 2.05) is 30.3 Å². The number of carbonyl (C=O) groups is 1. The first kappa shape index (κ1) is 19.0. The van der Waals surface area contributed by atoms with Crippen LogP contribution in [-0.4, -0.2) is 61.4 Å². The van der Waals surface area contributed by atoms with Gasteiger partial charge < -0.3 is 14.4 Å². The Balaban J connectivity index is 1.72. The van der Waals surface area contributed by atoms with Crippen molar-refractivity contribution in [3.63, 3.8) is 0 Å². The molecule has 0 radical (unpaired) electrons. The fraction of sp³-hybridized carbons (Fsp3) is 0.471. The number of nitrogens with zero attached hydrogens (tertiary/aromatic N) is 4. The van der Waals surface area contributed by atoms with Crippen LogP contribution < -0.4 is 4.90 Å². The van der Waals surface area contributed by atoms with Gasteiger partial charge in [-0.05, 0) is 24.3 Å². The molecule has 2 aromatic rings. The maximum atomic E-state index is 11.8. The number of anilines is 1. The summed E-state index contributed by atoms with van der Waals surface area (Å²) in [5.74, 6) is 0. The van der Waals surface area contributed by atoms with Gasteiger partial charge in [-0.2, -0.15) is 0 Å². The van der Waals surface area contributed by atoms with Gasteiger partial charge in [0, 0.05) is 18.3 Å². The minimum Gasteiger partial charge on any atom is -0.377 e. The molecule has 0 aliphatic carbocycles. The van der Waals surface area contributed by atoms with E-state index in [1.165, 1.54) is 0 Å². The lowest BCUT2D eigenvalue weighted by molar-refractivity contribution is 0.0393. The number of alkyl halides is 1. The number of benzene rings is 1. The van der Waals surface area contributed by atoms with Gasteiger partial charge in [-0.25, -0.2) is 9.07 Å². The fourth-order valence-electron chi connectivity index (χ4n) is 2.20. The van der Waals surface area contributed by atoms with E-state index in [4.69, 9.17) is 9.47 Å². The molecule has 0 aliphatic heterocycles. The minimum absolute atomic E-state index is 0.112. The Bertz CT molecular complexity index is 633. The van der Waals surface area contributed by atoms with Crippen molar-refractivity contribution < 1.29 is 18.7 Å². The average Bonchev–Trinajstić information content (AvgIpc) is 3.08. The van der Waals surface area contributed by atoms with Crippen LogP contribution in [0.1, 0.15) is 16.1 Å². The van der Waals surface area contributed by atoms with Crippen LogP contribution in [0.5, 0.6) is 0 Å². The molecule has 136 valence electrons. The van der Waals surface area contributed by atoms with E-state index in [-0.39, 0.29) is 6.61 Å². The molecule has 0 bridgehead atoms. The Morgan fingerprint density at radius 3 is 2.56 bits per heavy atom. The summed E-state index contributed by atoms with van der Waals surface area (Å²) in [6.07, 6.45) is 2.70. The van der Waals surface area contributed by atoms with Crippen molar-refractivity contribution in [1.29, 1.82) is 0 Å². The summed E-state index contributed by atoms with van der Waals surface area (Å²) in [7, 11) is 1.95. The monoisotopic (exact) mass is 350 g/mol. The van der Waals surface area contributed by atoms with Crippen molar-refractivity contribution in [1.82, 2.24) is 15.0 Å². The van der Waals surface area contributed by atoms with Crippen LogP contribution in [0.15, 0.2) is 30.5 Å². The number of hydrogen-bond donors (Lipinski definition) is 0. The van der Waals surface area contributed by atoms with Crippen molar-refractivity contribution in [2.75, 3.05) is 45.0 Å². The van der Waals surface area contributed by atoms with Crippen LogP contribution in [0, 0.1) is 0 Å². The molecule has 0 aliphatic rings. The van der Waals surface area contributed by atoms with E-state index in [0.29, 0.717) is 38.5 Å². The van der Waals surface area contributed by atoms with Gasteiger partial charge in [-0.15, -0.1) is 5.10 Å². The van der Waals surface area contributed by atoms with Crippen LogP contribution in [0.2, 0.25) is 0 Å². The topological polar surface area (TPSA) is 69.5 Å². The highest BCUT2D eigenvalue weighted by molar-refractivity contribution is 5.75. The molecule has 0 spiro atoms. The Morgan fingerprint density at radius 1 is 1.16 bits per heavy atom. The summed E-state index contributed by atoms with van der Waals surface area (Å²) < 4.78 is 23.9. The van der Waals surface area contributed by atoms with E-state index in [9.17, 15) is 9.18 Å². The zero-order chi connectivity index (χ0) is 17.9. The lowest BCUT2D eigenvalue weighted by Crippen LogP contribution is -2.16. The van der Waals surface area contributed by atoms with Crippen molar-refractivity contribution in [2.45, 2.75) is 13.1 Å². The number of ether oxygens (including phenoxy) is 2. The zero-order valence-electron chi connectivity index (χ0n) is 14.3. The van der Waals surface area contributed by atoms with Gasteiger partial charge in [-0.3, -0.25) is 4.79 Å². The van der Waals surface area contributed by atoms with Crippen molar-refractivity contribution in [3.05, 3.63) is 41.7 Å². The molecular formula is C17H23FN4O3. The first-order valence-electron chi connectivity index (χ1n) is 8.10. The third-order valence-corrected chi connectivity index (χ3v) is 3.51. The lowest BCUT2D eigenvalue weighted by Gasteiger charge is -2.17. The highest BCUT2D eigenvalue weighted by Gasteiger charge is 2.06. The largest absolute Gasteiger partial charge is 0.377 e. The van der Waals surface area contributed by atoms with Gasteiger partial charge in [0.15, 0.2) is 0 Å². The number of hydrogen-bond acceptors (Lipinski definition) is 6. The number of carbonyl (C=O) groups excluding carboxylic acids is 1. The first-order valence-corrected chi connectivity index (χ1v) is 8.10. The molecule has 0 saturated carbocycles. The van der Waals surface area contributed by atoms with E-state index < -0.39 is 6.67 Å². The second-order valence-electron chi connectivity index (χ2n) is 5.45. The molecule has 0 saturated heterocycles. The zero-order valence-corrected chi connectivity index (χ0v) is 14.3. The minimum atomic E-state index is -0.475. The van der Waals surface area contributed by atoms with Gasteiger partial charge in [0.25, 0.3) is 0 Å². The summed E-state index contributed by atoms with van der Waals surface area (Å²) in [4.78, 5) is 12.7. The Kier molecular flexibility index (Phi) is 8.00. The summed E-state index contributed by atoms with van der Waals surface area (Å²) in [6.45, 7) is 2.15. The van der Waals surface area contributed by atoms with Crippen LogP contribution >= 0.6 is 0 Å². The van der Waals surface area contributed by atoms with Crippen molar-refractivity contribution in [2.24, 2.45) is 0 Å². The molecule has 0 unspecified atom stereocenters. The molecule has 0 N–H and O–H groups in total. The van der Waals surface area contributed by atoms with Gasteiger partial charge >= 0.3 is 0 Å². The van der Waals surface area contributed by atoms with Crippen LogP contribution in [0.4, 0.5) is 10.1 Å². The Hall–Kier alpha value is -2.32. The number of aldehydes is 1. The molecule has 0 amide bonds. The molecular weight excluding hydrogens is 327 g/mol. The van der Waals surface area contributed by atoms with Crippen LogP contribution in [0.25, 0.3) is 0 Å². The number of aromatic nitrogens is 3. The summed E-state index contributed by atoms with van der Waals surface area (Å²) in [6, 6.07) is 7.36. The second-order valence-corrected chi connectivity index (χ2v) is 5.45. The SMILES string of the molecule is CN(Cc1cn(CCOCCOCCF)nn1)c1ccc(C=O)cc1. The fourth-order valence-corrected chi connectivity index (χ4v) is 2.20. The third-order valence-electron chi connectivity index (χ3n) is 3.51. The molecule has 1 aromatic heterocycles. The molecule has 0 fully saturated rings. The third kappa shape index (κ3) is 6.60. The predicted octanol–water partition coefficient (Wildman–Crippen LogP) is 1.73. The lowest BCUT2D eigenvalue weighted by atomic mass is 10.2. The molecule has 1 heterocycles. The van der Waals surface area contributed by atoms with Gasteiger partial charge in [0.2, 0.25) is 0 Å². The standard InChI is InChI=1S/C17H23FN4O3/c1-21(17-4-2-15(14-23)3-5-17)12-16-13-22(20-19-16)7-9-25-11-10-24-8-6-18/h2-5,13-14H,6-12H2,1H3. The molecule has 1 aromatic carbocycles. The van der Waals surface area contributed by atoms with Crippen molar-refractivity contribution >= 4 is 12.0 Å². The normalized spacial score (nSPS) is 10.8. The van der Waals surface area contributed by atoms with Crippen LogP contribution in [-0.2, 0) is 22.6 Å².